The summed E-state index contributed by atoms with van der Waals surface area (Å²) in [6.07, 6.45) is 0.811. The number of aliphatic hydroxyl groups is 1. The summed E-state index contributed by atoms with van der Waals surface area (Å²) >= 11 is 0. The van der Waals surface area contributed by atoms with Crippen molar-refractivity contribution in [1.29, 1.82) is 0 Å². The Hall–Kier alpha value is -4.01. The molecule has 1 aliphatic rings. The minimum atomic E-state index is -3.38. The van der Waals surface area contributed by atoms with E-state index in [-0.39, 0.29) is 59.0 Å². The molecule has 1 atom stereocenters. The van der Waals surface area contributed by atoms with Crippen molar-refractivity contribution in [2.45, 2.75) is 31.9 Å². The Morgan fingerprint density at radius 3 is 2.69 bits per heavy atom. The van der Waals surface area contributed by atoms with Gasteiger partial charge in [0.15, 0.2) is 11.6 Å². The van der Waals surface area contributed by atoms with Gasteiger partial charge in [0.05, 0.1) is 43.5 Å². The van der Waals surface area contributed by atoms with Gasteiger partial charge in [-0.15, -0.1) is 5.10 Å². The van der Waals surface area contributed by atoms with E-state index in [0.717, 1.165) is 21.7 Å². The monoisotopic (exact) mass is 553 g/mol. The van der Waals surface area contributed by atoms with E-state index in [1.165, 1.54) is 17.7 Å². The molecule has 0 bridgehead atoms. The second-order valence-corrected chi connectivity index (χ2v) is 9.14. The molecule has 0 unspecified atom stereocenters. The van der Waals surface area contributed by atoms with Crippen molar-refractivity contribution in [2.24, 2.45) is 0 Å². The van der Waals surface area contributed by atoms with E-state index in [2.05, 4.69) is 20.4 Å². The number of aromatic nitrogens is 5. The number of ether oxygens (including phenoxy) is 1. The van der Waals surface area contributed by atoms with E-state index in [1.54, 1.807) is 6.92 Å². The summed E-state index contributed by atoms with van der Waals surface area (Å²) in [4.78, 5) is 20.8. The molecule has 1 fully saturated rings. The fraction of sp³-hybridized carbons (Fsp3) is 0.417. The predicted octanol–water partition coefficient (Wildman–Crippen LogP) is 2.95. The van der Waals surface area contributed by atoms with Gasteiger partial charge in [0.1, 0.15) is 30.1 Å². The number of rotatable bonds is 7. The number of carbonyl (C=O) groups is 1. The zero-order valence-corrected chi connectivity index (χ0v) is 20.9. The molecule has 0 radical (unpaired) electrons. The summed E-state index contributed by atoms with van der Waals surface area (Å²) < 4.78 is 80.9. The SMILES string of the molecule is COc1nc(N[C@@H]2CCN(C(=O)CO)CC2(F)F)nn2cc(F)c(-c3cc(F)c4nc(C)n(CCF)c4c3)c12. The number of amides is 1. The zero-order chi connectivity index (χ0) is 28.1. The highest BCUT2D eigenvalue weighted by Gasteiger charge is 2.46. The molecule has 1 aromatic carbocycles. The summed E-state index contributed by atoms with van der Waals surface area (Å²) in [5.41, 5.74) is 0.282. The number of aliphatic hydroxyl groups excluding tert-OH is 1. The number of piperidine rings is 1. The lowest BCUT2D eigenvalue weighted by molar-refractivity contribution is -0.145. The number of anilines is 1. The molecule has 0 saturated carbocycles. The standard InChI is InChI=1S/C24H24F5N7O3/c1-12-30-20-14(26)7-13(8-16(20)35(12)6-4-25)19-15(27)9-36-21(19)22(39-2)32-23(33-36)31-17-3-5-34(18(38)10-37)11-24(17,28)29/h7-9,17,37H,3-6,10-11H2,1-2H3,(H,31,33)/t17-/m1/s1. The maximum Gasteiger partial charge on any atom is 0.285 e. The van der Waals surface area contributed by atoms with Crippen molar-refractivity contribution in [3.63, 3.8) is 0 Å². The maximum atomic E-state index is 15.3. The number of halogens is 5. The fourth-order valence-electron chi connectivity index (χ4n) is 4.89. The lowest BCUT2D eigenvalue weighted by Gasteiger charge is -2.38. The van der Waals surface area contributed by atoms with Crippen LogP contribution >= 0.6 is 0 Å². The first-order valence-electron chi connectivity index (χ1n) is 12.0. The normalized spacial score (nSPS) is 17.2. The van der Waals surface area contributed by atoms with Gasteiger partial charge in [-0.3, -0.25) is 4.79 Å². The Morgan fingerprint density at radius 1 is 1.26 bits per heavy atom. The van der Waals surface area contributed by atoms with Crippen molar-refractivity contribution in [1.82, 2.24) is 29.0 Å². The number of hydrogen-bond acceptors (Lipinski definition) is 7. The molecule has 5 rings (SSSR count). The minimum Gasteiger partial charge on any atom is -0.479 e. The van der Waals surface area contributed by atoms with E-state index in [1.807, 2.05) is 0 Å². The third kappa shape index (κ3) is 4.60. The number of imidazole rings is 1. The van der Waals surface area contributed by atoms with E-state index in [9.17, 15) is 18.0 Å². The Kier molecular flexibility index (Phi) is 6.78. The Labute approximate surface area is 218 Å². The van der Waals surface area contributed by atoms with E-state index >= 15 is 8.78 Å². The van der Waals surface area contributed by atoms with Crippen LogP contribution in [0.4, 0.5) is 27.9 Å². The van der Waals surface area contributed by atoms with Crippen LogP contribution in [-0.2, 0) is 11.3 Å². The van der Waals surface area contributed by atoms with E-state index < -0.39 is 49.3 Å². The first-order valence-corrected chi connectivity index (χ1v) is 12.0. The second kappa shape index (κ2) is 9.94. The summed E-state index contributed by atoms with van der Waals surface area (Å²) in [5, 5.41) is 15.6. The Morgan fingerprint density at radius 2 is 2.03 bits per heavy atom. The number of nitrogens with one attached hydrogen (secondary N) is 1. The maximum absolute atomic E-state index is 15.3. The molecule has 3 aromatic heterocycles. The number of nitrogens with zero attached hydrogens (tertiary/aromatic N) is 6. The second-order valence-electron chi connectivity index (χ2n) is 9.14. The average molecular weight is 553 g/mol. The van der Waals surface area contributed by atoms with E-state index in [4.69, 9.17) is 9.84 Å². The molecule has 208 valence electrons. The molecule has 4 aromatic rings. The highest BCUT2D eigenvalue weighted by molar-refractivity contribution is 5.90. The number of alkyl halides is 3. The number of hydrogen-bond donors (Lipinski definition) is 2. The fourth-order valence-corrected chi connectivity index (χ4v) is 4.89. The van der Waals surface area contributed by atoms with Gasteiger partial charge >= 0.3 is 0 Å². The third-order valence-electron chi connectivity index (χ3n) is 6.73. The van der Waals surface area contributed by atoms with Crippen molar-refractivity contribution >= 4 is 28.4 Å². The largest absolute Gasteiger partial charge is 0.479 e. The lowest BCUT2D eigenvalue weighted by Crippen LogP contribution is -2.56. The summed E-state index contributed by atoms with van der Waals surface area (Å²) in [7, 11) is 1.25. The number of aryl methyl sites for hydroxylation is 2. The molecule has 1 amide bonds. The molecule has 39 heavy (non-hydrogen) atoms. The topological polar surface area (TPSA) is 110 Å². The predicted molar refractivity (Wildman–Crippen MR) is 130 cm³/mol. The van der Waals surface area contributed by atoms with Crippen LogP contribution in [0.15, 0.2) is 18.3 Å². The number of carbonyl (C=O) groups excluding carboxylic acids is 1. The lowest BCUT2D eigenvalue weighted by atomic mass is 10.0. The van der Waals surface area contributed by atoms with Gasteiger partial charge in [0, 0.05) is 6.54 Å². The molecule has 1 saturated heterocycles. The van der Waals surface area contributed by atoms with Crippen LogP contribution in [-0.4, -0.2) is 85.5 Å². The smallest absolute Gasteiger partial charge is 0.285 e. The van der Waals surface area contributed by atoms with Gasteiger partial charge < -0.3 is 24.6 Å². The quantitative estimate of drug-likeness (QED) is 0.339. The molecule has 0 spiro atoms. The Bertz CT molecular complexity index is 1570. The highest BCUT2D eigenvalue weighted by Crippen LogP contribution is 2.37. The minimum absolute atomic E-state index is 0.0102. The molecular formula is C24H24F5N7O3. The molecule has 1 aliphatic heterocycles. The molecule has 10 nitrogen and oxygen atoms in total. The van der Waals surface area contributed by atoms with Crippen LogP contribution in [0.1, 0.15) is 12.2 Å². The van der Waals surface area contributed by atoms with Gasteiger partial charge in [0.2, 0.25) is 17.7 Å². The molecular weight excluding hydrogens is 529 g/mol. The van der Waals surface area contributed by atoms with Gasteiger partial charge in [-0.25, -0.2) is 31.5 Å². The molecule has 2 N–H and O–H groups in total. The van der Waals surface area contributed by atoms with Crippen LogP contribution in [0.3, 0.4) is 0 Å². The Balaban J connectivity index is 1.54. The molecule has 15 heteroatoms. The molecule has 0 aliphatic carbocycles. The highest BCUT2D eigenvalue weighted by atomic mass is 19.3. The van der Waals surface area contributed by atoms with Gasteiger partial charge in [-0.2, -0.15) is 4.98 Å². The van der Waals surface area contributed by atoms with Crippen molar-refractivity contribution in [3.8, 4) is 17.0 Å². The zero-order valence-electron chi connectivity index (χ0n) is 20.9. The summed E-state index contributed by atoms with van der Waals surface area (Å²) in [6, 6.07) is 1.10. The van der Waals surface area contributed by atoms with Crippen LogP contribution in [0.5, 0.6) is 5.88 Å². The summed E-state index contributed by atoms with van der Waals surface area (Å²) in [6.45, 7) is -0.981. The first-order chi connectivity index (χ1) is 18.6. The van der Waals surface area contributed by atoms with Crippen LogP contribution in [0.2, 0.25) is 0 Å². The van der Waals surface area contributed by atoms with Crippen molar-refractivity contribution < 1.29 is 36.6 Å². The molecule has 4 heterocycles. The van der Waals surface area contributed by atoms with Crippen LogP contribution < -0.4 is 10.1 Å². The van der Waals surface area contributed by atoms with Crippen LogP contribution in [0.25, 0.3) is 27.7 Å². The summed E-state index contributed by atoms with van der Waals surface area (Å²) in [5.74, 6) is -5.81. The number of benzene rings is 1. The first kappa shape index (κ1) is 26.6. The van der Waals surface area contributed by atoms with Gasteiger partial charge in [-0.05, 0) is 31.0 Å². The average Bonchev–Trinajstić information content (AvgIpc) is 3.40. The van der Waals surface area contributed by atoms with Crippen molar-refractivity contribution in [2.75, 3.05) is 38.8 Å². The number of fused-ring (bicyclic) bond motifs is 2. The third-order valence-corrected chi connectivity index (χ3v) is 6.73. The van der Waals surface area contributed by atoms with Crippen molar-refractivity contribution in [3.05, 3.63) is 35.8 Å². The van der Waals surface area contributed by atoms with Gasteiger partial charge in [-0.1, -0.05) is 0 Å². The van der Waals surface area contributed by atoms with Crippen LogP contribution in [0, 0.1) is 18.6 Å². The number of methoxy groups -OCH3 is 1. The van der Waals surface area contributed by atoms with Gasteiger partial charge in [0.25, 0.3) is 5.92 Å². The van der Waals surface area contributed by atoms with E-state index in [0.29, 0.717) is 5.82 Å². The number of likely N-dealkylation sites (tertiary alicyclic amines) is 1.